The number of aliphatic hydroxyl groups is 13. The lowest BCUT2D eigenvalue weighted by Gasteiger charge is -2.34. The Morgan fingerprint density at radius 2 is 1.32 bits per heavy atom. The van der Waals surface area contributed by atoms with Crippen LogP contribution in [0.2, 0.25) is 0 Å². The third-order valence-corrected chi connectivity index (χ3v) is 15.2. The van der Waals surface area contributed by atoms with Crippen molar-refractivity contribution in [2.45, 2.75) is 274 Å². The van der Waals surface area contributed by atoms with Crippen molar-refractivity contribution in [1.82, 2.24) is 0 Å². The molecule has 0 saturated carbocycles. The van der Waals surface area contributed by atoms with E-state index in [0.717, 1.165) is 12.0 Å². The summed E-state index contributed by atoms with van der Waals surface area (Å²) in [5.41, 5.74) is 12.4. The number of nitrogens with zero attached hydrogens (tertiary/aromatic N) is 1. The van der Waals surface area contributed by atoms with E-state index in [4.69, 9.17) is 25.7 Å². The van der Waals surface area contributed by atoms with Crippen LogP contribution < -0.4 is 11.5 Å². The second-order valence-corrected chi connectivity index (χ2v) is 22.2. The van der Waals surface area contributed by atoms with Gasteiger partial charge in [0, 0.05) is 24.8 Å². The van der Waals surface area contributed by atoms with E-state index in [0.29, 0.717) is 108 Å². The Bertz CT molecular complexity index is 1640. The van der Waals surface area contributed by atoms with Gasteiger partial charge in [-0.25, -0.2) is 0 Å². The van der Waals surface area contributed by atoms with Crippen LogP contribution in [0.5, 0.6) is 0 Å². The fraction of sp³-hybridized carbons (Fsp3) is 0.891. The van der Waals surface area contributed by atoms with Crippen molar-refractivity contribution in [3.05, 3.63) is 23.3 Å². The van der Waals surface area contributed by atoms with Crippen LogP contribution in [0.15, 0.2) is 28.3 Å². The van der Waals surface area contributed by atoms with Crippen LogP contribution in [0.4, 0.5) is 0 Å². The zero-order chi connectivity index (χ0) is 56.4. The molecule has 16 unspecified atom stereocenters. The van der Waals surface area contributed by atoms with Crippen LogP contribution in [0, 0.1) is 23.7 Å². The number of ether oxygens (including phenoxy) is 3. The number of rotatable bonds is 12. The Morgan fingerprint density at radius 1 is 0.733 bits per heavy atom. The molecule has 0 aromatic heterocycles. The van der Waals surface area contributed by atoms with E-state index in [9.17, 15) is 71.2 Å². The standard InChI is InChI=1S/C55H103N3O17/c1-7-8-19-43-49(69)33(3)22-23-38(61)17-11-16-37(60)18-12-20-44(66)34(4)26-47(73-54-51(71)50(70)48(31-59)74-54)46(68)30-42(65)29-41(64)28-40(63)27-39(62)15-10-9-14-32(2)25-35(5)52(75-53(43)72)36(6)45(67)21-13-24-58-55(56)57/h25-26,33,35-52,54,59-71H,7-24,27-31H2,1-6H3,(H4,56,57,58)/b32-25-,34-26-/t33?,35?,36?,37?,38?,39?,40?,41?,42?,43?,44?,45?,46?,47?,48-,49?,50-,51+,52?,54+/m1/s1. The molecule has 75 heavy (non-hydrogen) atoms. The van der Waals surface area contributed by atoms with Gasteiger partial charge in [-0.05, 0) is 134 Å². The van der Waals surface area contributed by atoms with Gasteiger partial charge in [-0.1, -0.05) is 64.7 Å². The SMILES string of the molecule is CCCCC1C(=O)OC(C(C)C(O)CCCN=C(N)N)C(C)/C=C(/C)CCCCC(O)CC(O)CC(O)CC(O)CC(O)C(O[C@H]2O[C@H](CO)[C@@H](O)[C@@H]2O)/C=C(/C)C(O)CCCC(O)CCCC(O)CCC(C)C1O. The van der Waals surface area contributed by atoms with Crippen LogP contribution in [0.3, 0.4) is 0 Å². The molecule has 1 saturated heterocycles. The minimum atomic E-state index is -1.59. The van der Waals surface area contributed by atoms with Gasteiger partial charge in [-0.2, -0.15) is 0 Å². The molecule has 1 fully saturated rings. The highest BCUT2D eigenvalue weighted by Crippen LogP contribution is 2.32. The number of nitrogens with two attached hydrogens (primary N) is 2. The Labute approximate surface area is 446 Å². The number of hydrogen-bond donors (Lipinski definition) is 15. The molecular formula is C55H103N3O17. The molecule has 17 N–H and O–H groups in total. The van der Waals surface area contributed by atoms with Gasteiger partial charge in [0.15, 0.2) is 12.2 Å². The summed E-state index contributed by atoms with van der Waals surface area (Å²) in [5.74, 6) is -2.64. The lowest BCUT2D eigenvalue weighted by atomic mass is 9.84. The Hall–Kier alpha value is -2.38. The number of carbonyl (C=O) groups excluding carboxylic acids is 1. The van der Waals surface area contributed by atoms with Gasteiger partial charge in [-0.15, -0.1) is 0 Å². The molecular weight excluding hydrogens is 975 g/mol. The molecule has 20 nitrogen and oxygen atoms in total. The number of carbonyl (C=O) groups is 1. The number of hydrogen-bond acceptors (Lipinski definition) is 18. The van der Waals surface area contributed by atoms with E-state index in [2.05, 4.69) is 4.99 Å². The lowest BCUT2D eigenvalue weighted by Crippen LogP contribution is -2.42. The molecule has 0 amide bonds. The summed E-state index contributed by atoms with van der Waals surface area (Å²) in [6, 6.07) is 0. The van der Waals surface area contributed by atoms with Gasteiger partial charge in [-0.3, -0.25) is 9.79 Å². The molecule has 2 heterocycles. The number of aliphatic hydroxyl groups excluding tert-OH is 13. The molecule has 2 rings (SSSR count). The summed E-state index contributed by atoms with van der Waals surface area (Å²) in [6.07, 6.45) is -7.42. The lowest BCUT2D eigenvalue weighted by molar-refractivity contribution is -0.202. The summed E-state index contributed by atoms with van der Waals surface area (Å²) < 4.78 is 17.7. The van der Waals surface area contributed by atoms with Crippen molar-refractivity contribution in [3.8, 4) is 0 Å². The second-order valence-electron chi connectivity index (χ2n) is 22.2. The minimum Gasteiger partial charge on any atom is -0.461 e. The molecule has 20 atom stereocenters. The number of aliphatic imine (C=N–C) groups is 1. The molecule has 2 aliphatic heterocycles. The van der Waals surface area contributed by atoms with Crippen molar-refractivity contribution >= 4 is 11.9 Å². The van der Waals surface area contributed by atoms with Crippen LogP contribution in [0.25, 0.3) is 0 Å². The van der Waals surface area contributed by atoms with Gasteiger partial charge in [0.1, 0.15) is 30.5 Å². The molecule has 0 spiro atoms. The largest absolute Gasteiger partial charge is 0.461 e. The number of unbranched alkanes of at least 4 members (excludes halogenated alkanes) is 1. The van der Waals surface area contributed by atoms with Crippen LogP contribution in [0.1, 0.15) is 176 Å². The number of allylic oxidation sites excluding steroid dienone is 1. The van der Waals surface area contributed by atoms with Crippen molar-refractivity contribution < 1.29 is 85.4 Å². The summed E-state index contributed by atoms with van der Waals surface area (Å²) in [4.78, 5) is 18.2. The highest BCUT2D eigenvalue weighted by atomic mass is 16.7. The first-order valence-corrected chi connectivity index (χ1v) is 28.1. The van der Waals surface area contributed by atoms with Crippen molar-refractivity contribution in [1.29, 1.82) is 0 Å². The molecule has 0 aromatic rings. The number of cyclic esters (lactones) is 1. The molecule has 0 aromatic carbocycles. The number of esters is 1. The van der Waals surface area contributed by atoms with Gasteiger partial charge in [0.2, 0.25) is 0 Å². The highest BCUT2D eigenvalue weighted by Gasteiger charge is 2.45. The van der Waals surface area contributed by atoms with Gasteiger partial charge in [0.05, 0.1) is 73.6 Å². The van der Waals surface area contributed by atoms with E-state index in [1.807, 2.05) is 40.7 Å². The van der Waals surface area contributed by atoms with Gasteiger partial charge >= 0.3 is 5.97 Å². The maximum absolute atomic E-state index is 14.2. The van der Waals surface area contributed by atoms with Crippen LogP contribution in [-0.4, -0.2) is 189 Å². The molecule has 440 valence electrons. The smallest absolute Gasteiger partial charge is 0.311 e. The van der Waals surface area contributed by atoms with E-state index in [-0.39, 0.29) is 49.9 Å². The van der Waals surface area contributed by atoms with Crippen LogP contribution >= 0.6 is 0 Å². The average Bonchev–Trinajstić information content (AvgIpc) is 3.61. The Balaban J connectivity index is 2.34. The Kier molecular flexibility index (Phi) is 33.7. The fourth-order valence-corrected chi connectivity index (χ4v) is 10.3. The second kappa shape index (κ2) is 36.7. The molecule has 2 aliphatic rings. The summed E-state index contributed by atoms with van der Waals surface area (Å²) in [6.45, 7) is 10.9. The van der Waals surface area contributed by atoms with Crippen molar-refractivity contribution in [2.24, 2.45) is 40.1 Å². The Morgan fingerprint density at radius 3 is 1.92 bits per heavy atom. The predicted octanol–water partition coefficient (Wildman–Crippen LogP) is 2.25. The van der Waals surface area contributed by atoms with E-state index >= 15 is 0 Å². The van der Waals surface area contributed by atoms with E-state index in [1.54, 1.807) is 6.92 Å². The third kappa shape index (κ3) is 26.4. The average molecular weight is 1080 g/mol. The summed E-state index contributed by atoms with van der Waals surface area (Å²) in [7, 11) is 0. The molecule has 0 bridgehead atoms. The minimum absolute atomic E-state index is 0.0266. The van der Waals surface area contributed by atoms with Gasteiger partial charge in [0.25, 0.3) is 0 Å². The molecule has 0 radical (unpaired) electrons. The van der Waals surface area contributed by atoms with Gasteiger partial charge < -0.3 is 92.1 Å². The first kappa shape index (κ1) is 68.7. The first-order chi connectivity index (χ1) is 35.4. The zero-order valence-electron chi connectivity index (χ0n) is 46.0. The molecule has 0 aliphatic carbocycles. The molecule has 20 heteroatoms. The number of guanidine groups is 1. The fourth-order valence-electron chi connectivity index (χ4n) is 10.3. The van der Waals surface area contributed by atoms with Crippen LogP contribution in [-0.2, 0) is 19.0 Å². The quantitative estimate of drug-likeness (QED) is 0.0438. The normalized spacial score (nSPS) is 38.7. The van der Waals surface area contributed by atoms with E-state index in [1.165, 1.54) is 6.08 Å². The van der Waals surface area contributed by atoms with E-state index < -0.39 is 122 Å². The summed E-state index contributed by atoms with van der Waals surface area (Å²) in [5, 5.41) is 141. The highest BCUT2D eigenvalue weighted by molar-refractivity contribution is 5.75. The maximum atomic E-state index is 14.2. The first-order valence-electron chi connectivity index (χ1n) is 28.1. The van der Waals surface area contributed by atoms with Crippen molar-refractivity contribution in [2.75, 3.05) is 13.2 Å². The predicted molar refractivity (Wildman–Crippen MR) is 284 cm³/mol. The zero-order valence-corrected chi connectivity index (χ0v) is 46.0. The topological polar surface area (TPSA) is 372 Å². The summed E-state index contributed by atoms with van der Waals surface area (Å²) >= 11 is 0. The van der Waals surface area contributed by atoms with Crippen molar-refractivity contribution in [3.63, 3.8) is 0 Å². The third-order valence-electron chi connectivity index (χ3n) is 15.2. The maximum Gasteiger partial charge on any atom is 0.311 e. The monoisotopic (exact) mass is 1080 g/mol.